The van der Waals surface area contributed by atoms with Crippen LogP contribution in [0.2, 0.25) is 0 Å². The summed E-state index contributed by atoms with van der Waals surface area (Å²) in [6, 6.07) is 0. The molecule has 0 aliphatic carbocycles. The minimum atomic E-state index is -0.468. The third-order valence-corrected chi connectivity index (χ3v) is 1.06. The van der Waals surface area contributed by atoms with Crippen LogP contribution in [0.3, 0.4) is 0 Å². The summed E-state index contributed by atoms with van der Waals surface area (Å²) >= 11 is 0. The molecule has 0 saturated carbocycles. The van der Waals surface area contributed by atoms with Crippen LogP contribution in [-0.4, -0.2) is 18.4 Å². The monoisotopic (exact) mass is 128 g/mol. The van der Waals surface area contributed by atoms with E-state index in [0.29, 0.717) is 0 Å². The van der Waals surface area contributed by atoms with E-state index in [1.807, 2.05) is 6.92 Å². The number of hydrazone groups is 1. The van der Waals surface area contributed by atoms with Crippen LogP contribution in [-0.2, 0) is 4.74 Å². The van der Waals surface area contributed by atoms with E-state index in [1.165, 1.54) is 0 Å². The first-order chi connectivity index (χ1) is 4.33. The molecule has 0 saturated heterocycles. The molecule has 1 unspecified atom stereocenters. The van der Waals surface area contributed by atoms with Gasteiger partial charge in [-0.05, 0) is 6.42 Å². The van der Waals surface area contributed by atoms with Gasteiger partial charge in [0.25, 0.3) is 0 Å². The molecule has 4 nitrogen and oxygen atoms in total. The Morgan fingerprint density at radius 2 is 2.78 bits per heavy atom. The molecule has 50 valence electrons. The minimum absolute atomic E-state index is 0.140. The Balaban J connectivity index is 2.49. The highest BCUT2D eigenvalue weighted by Gasteiger charge is 2.12. The number of cyclic esters (lactones) is 1. The molecule has 1 aliphatic heterocycles. The Labute approximate surface area is 52.9 Å². The lowest BCUT2D eigenvalue weighted by molar-refractivity contribution is 0.121. The van der Waals surface area contributed by atoms with Crippen LogP contribution in [0.1, 0.15) is 13.3 Å². The lowest BCUT2D eigenvalue weighted by atomic mass is 10.3. The fourth-order valence-electron chi connectivity index (χ4n) is 0.556. The highest BCUT2D eigenvalue weighted by Crippen LogP contribution is 1.97. The van der Waals surface area contributed by atoms with Gasteiger partial charge in [0.1, 0.15) is 6.10 Å². The Hall–Kier alpha value is -1.06. The fourth-order valence-corrected chi connectivity index (χ4v) is 0.556. The first kappa shape index (κ1) is 6.07. The summed E-state index contributed by atoms with van der Waals surface area (Å²) < 4.78 is 4.74. The van der Waals surface area contributed by atoms with Crippen molar-refractivity contribution in [2.45, 2.75) is 19.4 Å². The molecule has 0 aromatic carbocycles. The van der Waals surface area contributed by atoms with E-state index >= 15 is 0 Å². The van der Waals surface area contributed by atoms with E-state index < -0.39 is 6.09 Å². The zero-order valence-electron chi connectivity index (χ0n) is 5.13. The van der Waals surface area contributed by atoms with Gasteiger partial charge in [-0.2, -0.15) is 5.10 Å². The number of amides is 1. The molecule has 1 rings (SSSR count). The molecule has 1 heterocycles. The van der Waals surface area contributed by atoms with Gasteiger partial charge in [-0.25, -0.2) is 10.2 Å². The van der Waals surface area contributed by atoms with E-state index in [0.717, 1.165) is 6.42 Å². The summed E-state index contributed by atoms with van der Waals surface area (Å²) in [6.45, 7) is 1.93. The lowest BCUT2D eigenvalue weighted by Gasteiger charge is -2.14. The van der Waals surface area contributed by atoms with E-state index in [2.05, 4.69) is 10.5 Å². The maximum atomic E-state index is 10.4. The number of nitrogens with zero attached hydrogens (tertiary/aromatic N) is 1. The predicted octanol–water partition coefficient (Wildman–Crippen LogP) is 0.491. The van der Waals surface area contributed by atoms with E-state index in [-0.39, 0.29) is 6.10 Å². The summed E-state index contributed by atoms with van der Waals surface area (Å²) in [7, 11) is 0. The highest BCUT2D eigenvalue weighted by atomic mass is 16.6. The van der Waals surface area contributed by atoms with Crippen LogP contribution in [0.25, 0.3) is 0 Å². The largest absolute Gasteiger partial charge is 0.439 e. The Morgan fingerprint density at radius 1 is 2.00 bits per heavy atom. The maximum Gasteiger partial charge on any atom is 0.428 e. The quantitative estimate of drug-likeness (QED) is 0.558. The highest BCUT2D eigenvalue weighted by molar-refractivity contribution is 5.76. The van der Waals surface area contributed by atoms with Crippen molar-refractivity contribution in [1.82, 2.24) is 5.43 Å². The van der Waals surface area contributed by atoms with Gasteiger partial charge in [0, 0.05) is 0 Å². The Kier molecular flexibility index (Phi) is 1.67. The van der Waals surface area contributed by atoms with Gasteiger partial charge >= 0.3 is 6.09 Å². The SMILES string of the molecule is CCC1C=NNC(=O)O1. The molecule has 0 aromatic rings. The van der Waals surface area contributed by atoms with Gasteiger partial charge in [0.2, 0.25) is 0 Å². The van der Waals surface area contributed by atoms with Crippen molar-refractivity contribution < 1.29 is 9.53 Å². The summed E-state index contributed by atoms with van der Waals surface area (Å²) in [5, 5.41) is 3.56. The standard InChI is InChI=1S/C5H8N2O2/c1-2-4-3-6-7-5(8)9-4/h3-4H,2H2,1H3,(H,7,8). The first-order valence-electron chi connectivity index (χ1n) is 2.82. The van der Waals surface area contributed by atoms with Gasteiger partial charge in [-0.1, -0.05) is 6.92 Å². The second-order valence-corrected chi connectivity index (χ2v) is 1.74. The van der Waals surface area contributed by atoms with E-state index in [1.54, 1.807) is 6.21 Å². The number of hydrogen-bond acceptors (Lipinski definition) is 3. The van der Waals surface area contributed by atoms with Crippen molar-refractivity contribution in [2.24, 2.45) is 5.10 Å². The molecule has 1 aliphatic rings. The molecule has 0 spiro atoms. The normalized spacial score (nSPS) is 25.0. The molecule has 1 atom stereocenters. The molecular formula is C5H8N2O2. The molecule has 9 heavy (non-hydrogen) atoms. The van der Waals surface area contributed by atoms with Gasteiger partial charge in [0.15, 0.2) is 0 Å². The molecular weight excluding hydrogens is 120 g/mol. The molecule has 0 bridgehead atoms. The number of ether oxygens (including phenoxy) is 1. The van der Waals surface area contributed by atoms with Gasteiger partial charge < -0.3 is 4.74 Å². The number of nitrogens with one attached hydrogen (secondary N) is 1. The van der Waals surface area contributed by atoms with Crippen LogP contribution in [0, 0.1) is 0 Å². The van der Waals surface area contributed by atoms with Crippen LogP contribution < -0.4 is 5.43 Å². The summed E-state index contributed by atoms with van der Waals surface area (Å²) in [5.41, 5.74) is 2.15. The second-order valence-electron chi connectivity index (χ2n) is 1.74. The Bertz CT molecular complexity index is 144. The molecule has 0 aromatic heterocycles. The molecule has 0 fully saturated rings. The first-order valence-corrected chi connectivity index (χ1v) is 2.82. The summed E-state index contributed by atoms with van der Waals surface area (Å²) in [5.74, 6) is 0. The van der Waals surface area contributed by atoms with Crippen LogP contribution in [0.5, 0.6) is 0 Å². The average Bonchev–Trinajstić information content (AvgIpc) is 1.88. The predicted molar refractivity (Wildman–Crippen MR) is 32.2 cm³/mol. The van der Waals surface area contributed by atoms with Crippen molar-refractivity contribution in [3.05, 3.63) is 0 Å². The van der Waals surface area contributed by atoms with Crippen molar-refractivity contribution >= 4 is 12.3 Å². The second kappa shape index (κ2) is 2.48. The summed E-state index contributed by atoms with van der Waals surface area (Å²) in [6.07, 6.45) is 1.74. The fraction of sp³-hybridized carbons (Fsp3) is 0.600. The Morgan fingerprint density at radius 3 is 3.22 bits per heavy atom. The lowest BCUT2D eigenvalue weighted by Crippen LogP contribution is -2.31. The zero-order chi connectivity index (χ0) is 6.69. The van der Waals surface area contributed by atoms with Gasteiger partial charge in [0.05, 0.1) is 6.21 Å². The van der Waals surface area contributed by atoms with Crippen molar-refractivity contribution in [3.8, 4) is 0 Å². The van der Waals surface area contributed by atoms with Gasteiger partial charge in [-0.15, -0.1) is 0 Å². The number of carbonyl (C=O) groups excluding carboxylic acids is 1. The molecule has 0 radical (unpaired) electrons. The van der Waals surface area contributed by atoms with Crippen LogP contribution >= 0.6 is 0 Å². The third kappa shape index (κ3) is 1.42. The van der Waals surface area contributed by atoms with Crippen molar-refractivity contribution in [3.63, 3.8) is 0 Å². The smallest absolute Gasteiger partial charge is 0.428 e. The topological polar surface area (TPSA) is 50.7 Å². The number of carbonyl (C=O) groups is 1. The number of hydrogen-bond donors (Lipinski definition) is 1. The molecule has 4 heteroatoms. The zero-order valence-corrected chi connectivity index (χ0v) is 5.13. The third-order valence-electron chi connectivity index (χ3n) is 1.06. The van der Waals surface area contributed by atoms with Gasteiger partial charge in [-0.3, -0.25) is 0 Å². The van der Waals surface area contributed by atoms with E-state index in [9.17, 15) is 4.79 Å². The maximum absolute atomic E-state index is 10.4. The number of rotatable bonds is 1. The van der Waals surface area contributed by atoms with Crippen molar-refractivity contribution in [2.75, 3.05) is 0 Å². The van der Waals surface area contributed by atoms with Crippen molar-refractivity contribution in [1.29, 1.82) is 0 Å². The van der Waals surface area contributed by atoms with Crippen LogP contribution in [0.4, 0.5) is 4.79 Å². The minimum Gasteiger partial charge on any atom is -0.439 e. The summed E-state index contributed by atoms with van der Waals surface area (Å²) in [4.78, 5) is 10.4. The molecule has 1 N–H and O–H groups in total. The molecule has 1 amide bonds. The average molecular weight is 128 g/mol. The van der Waals surface area contributed by atoms with E-state index in [4.69, 9.17) is 4.74 Å². The van der Waals surface area contributed by atoms with Crippen LogP contribution in [0.15, 0.2) is 5.10 Å².